The summed E-state index contributed by atoms with van der Waals surface area (Å²) in [5.74, 6) is -0.301. The molecule has 5 nitrogen and oxygen atoms in total. The third kappa shape index (κ3) is 5.53. The van der Waals surface area contributed by atoms with Gasteiger partial charge in [0.15, 0.2) is 0 Å². The van der Waals surface area contributed by atoms with E-state index in [9.17, 15) is 14.0 Å². The smallest absolute Gasteiger partial charge is 0.227 e. The fourth-order valence-electron chi connectivity index (χ4n) is 3.34. The van der Waals surface area contributed by atoms with Crippen molar-refractivity contribution in [1.82, 2.24) is 9.80 Å². The number of methoxy groups -OCH3 is 1. The van der Waals surface area contributed by atoms with E-state index in [1.165, 1.54) is 12.1 Å². The lowest BCUT2D eigenvalue weighted by atomic mass is 9.95. The Morgan fingerprint density at radius 3 is 2.85 bits per heavy atom. The van der Waals surface area contributed by atoms with Gasteiger partial charge in [-0.25, -0.2) is 4.39 Å². The van der Waals surface area contributed by atoms with E-state index in [-0.39, 0.29) is 29.6 Å². The van der Waals surface area contributed by atoms with E-state index in [0.717, 1.165) is 5.56 Å². The highest BCUT2D eigenvalue weighted by Gasteiger charge is 2.33. The number of amides is 2. The van der Waals surface area contributed by atoms with Gasteiger partial charge >= 0.3 is 0 Å². The first-order valence-electron chi connectivity index (χ1n) is 9.24. The Bertz CT molecular complexity index is 621. The van der Waals surface area contributed by atoms with Crippen molar-refractivity contribution in [1.29, 1.82) is 0 Å². The summed E-state index contributed by atoms with van der Waals surface area (Å²) in [5.41, 5.74) is 0.857. The first-order valence-corrected chi connectivity index (χ1v) is 9.24. The number of nitrogens with zero attached hydrogens (tertiary/aromatic N) is 2. The standard InChI is InChI=1S/C20H29FN2O3/c1-15(2)23(11-12-26-3)20(25)17-7-8-19(24)22(14-17)10-9-16-5-4-6-18(21)13-16/h4-6,13,15,17H,7-12,14H2,1-3H3/t17-/m0/s1. The van der Waals surface area contributed by atoms with Gasteiger partial charge in [-0.05, 0) is 44.4 Å². The lowest BCUT2D eigenvalue weighted by Crippen LogP contribution is -2.49. The van der Waals surface area contributed by atoms with E-state index < -0.39 is 0 Å². The molecule has 1 fully saturated rings. The minimum absolute atomic E-state index is 0.0680. The first kappa shape index (κ1) is 20.4. The molecule has 2 amide bonds. The minimum Gasteiger partial charge on any atom is -0.383 e. The second-order valence-electron chi connectivity index (χ2n) is 7.07. The molecule has 0 unspecified atom stereocenters. The van der Waals surface area contributed by atoms with Crippen LogP contribution >= 0.6 is 0 Å². The van der Waals surface area contributed by atoms with Crippen molar-refractivity contribution in [3.63, 3.8) is 0 Å². The Morgan fingerprint density at radius 1 is 1.42 bits per heavy atom. The van der Waals surface area contributed by atoms with Gasteiger partial charge in [0, 0.05) is 39.2 Å². The lowest BCUT2D eigenvalue weighted by Gasteiger charge is -2.36. The zero-order chi connectivity index (χ0) is 19.1. The molecule has 0 N–H and O–H groups in total. The second-order valence-corrected chi connectivity index (χ2v) is 7.07. The zero-order valence-corrected chi connectivity index (χ0v) is 15.9. The molecular formula is C20H29FN2O3. The first-order chi connectivity index (χ1) is 12.4. The van der Waals surface area contributed by atoms with E-state index in [0.29, 0.717) is 45.5 Å². The highest BCUT2D eigenvalue weighted by Crippen LogP contribution is 2.21. The number of hydrogen-bond acceptors (Lipinski definition) is 3. The van der Waals surface area contributed by atoms with Gasteiger partial charge in [-0.15, -0.1) is 0 Å². The zero-order valence-electron chi connectivity index (χ0n) is 15.9. The Balaban J connectivity index is 1.97. The summed E-state index contributed by atoms with van der Waals surface area (Å²) in [5, 5.41) is 0. The quantitative estimate of drug-likeness (QED) is 0.712. The van der Waals surface area contributed by atoms with Gasteiger partial charge in [-0.1, -0.05) is 12.1 Å². The summed E-state index contributed by atoms with van der Waals surface area (Å²) in [4.78, 5) is 28.7. The Kier molecular flexibility index (Phi) is 7.57. The molecule has 1 atom stereocenters. The monoisotopic (exact) mass is 364 g/mol. The molecule has 26 heavy (non-hydrogen) atoms. The summed E-state index contributed by atoms with van der Waals surface area (Å²) in [6.45, 7) is 5.97. The van der Waals surface area contributed by atoms with Crippen LogP contribution in [0.2, 0.25) is 0 Å². The normalized spacial score (nSPS) is 17.7. The molecule has 2 rings (SSSR count). The van der Waals surface area contributed by atoms with Gasteiger partial charge in [-0.2, -0.15) is 0 Å². The maximum absolute atomic E-state index is 13.3. The highest BCUT2D eigenvalue weighted by atomic mass is 19.1. The van der Waals surface area contributed by atoms with Crippen molar-refractivity contribution in [2.24, 2.45) is 5.92 Å². The molecule has 0 saturated carbocycles. The number of piperidine rings is 1. The number of ether oxygens (including phenoxy) is 1. The van der Waals surface area contributed by atoms with Crippen LogP contribution in [0.1, 0.15) is 32.3 Å². The number of carbonyl (C=O) groups is 2. The SMILES string of the molecule is COCCN(C(=O)[C@H]1CCC(=O)N(CCc2cccc(F)c2)C1)C(C)C. The topological polar surface area (TPSA) is 49.9 Å². The molecule has 0 spiro atoms. The molecule has 0 radical (unpaired) electrons. The predicted molar refractivity (Wildman–Crippen MR) is 98.1 cm³/mol. The summed E-state index contributed by atoms with van der Waals surface area (Å²) >= 11 is 0. The van der Waals surface area contributed by atoms with E-state index in [2.05, 4.69) is 0 Å². The summed E-state index contributed by atoms with van der Waals surface area (Å²) in [6, 6.07) is 6.51. The molecule has 6 heteroatoms. The fraction of sp³-hybridized carbons (Fsp3) is 0.600. The molecule has 1 saturated heterocycles. The second kappa shape index (κ2) is 9.67. The molecule has 0 aromatic heterocycles. The Morgan fingerprint density at radius 2 is 2.19 bits per heavy atom. The lowest BCUT2D eigenvalue weighted by molar-refractivity contribution is -0.144. The maximum atomic E-state index is 13.3. The largest absolute Gasteiger partial charge is 0.383 e. The van der Waals surface area contributed by atoms with E-state index >= 15 is 0 Å². The van der Waals surface area contributed by atoms with Crippen molar-refractivity contribution in [3.8, 4) is 0 Å². The van der Waals surface area contributed by atoms with Gasteiger partial charge in [0.2, 0.25) is 11.8 Å². The third-order valence-electron chi connectivity index (χ3n) is 4.85. The van der Waals surface area contributed by atoms with Gasteiger partial charge in [0.1, 0.15) is 5.82 Å². The molecule has 1 aromatic rings. The number of rotatable bonds is 8. The van der Waals surface area contributed by atoms with Crippen LogP contribution in [0.25, 0.3) is 0 Å². The number of benzene rings is 1. The van der Waals surface area contributed by atoms with Crippen molar-refractivity contribution in [2.45, 2.75) is 39.2 Å². The molecule has 1 heterocycles. The van der Waals surface area contributed by atoms with Crippen LogP contribution in [-0.2, 0) is 20.7 Å². The van der Waals surface area contributed by atoms with Crippen LogP contribution in [-0.4, -0.2) is 61.0 Å². The average Bonchev–Trinajstić information content (AvgIpc) is 2.61. The molecule has 0 aliphatic carbocycles. The predicted octanol–water partition coefficient (Wildman–Crippen LogP) is 2.49. The number of likely N-dealkylation sites (tertiary alicyclic amines) is 1. The fourth-order valence-corrected chi connectivity index (χ4v) is 3.34. The van der Waals surface area contributed by atoms with Crippen LogP contribution in [0.5, 0.6) is 0 Å². The van der Waals surface area contributed by atoms with Gasteiger partial charge in [0.25, 0.3) is 0 Å². The minimum atomic E-state index is -0.272. The van der Waals surface area contributed by atoms with Gasteiger partial charge < -0.3 is 14.5 Å². The van der Waals surface area contributed by atoms with Crippen LogP contribution in [0.15, 0.2) is 24.3 Å². The number of halogens is 1. The van der Waals surface area contributed by atoms with E-state index in [1.54, 1.807) is 18.1 Å². The van der Waals surface area contributed by atoms with E-state index in [4.69, 9.17) is 4.74 Å². The molecule has 1 aliphatic heterocycles. The van der Waals surface area contributed by atoms with E-state index in [1.807, 2.05) is 24.8 Å². The summed E-state index contributed by atoms with van der Waals surface area (Å²) in [7, 11) is 1.62. The van der Waals surface area contributed by atoms with Crippen LogP contribution in [0, 0.1) is 11.7 Å². The Labute approximate surface area is 155 Å². The van der Waals surface area contributed by atoms with Gasteiger partial charge in [-0.3, -0.25) is 9.59 Å². The van der Waals surface area contributed by atoms with Crippen LogP contribution in [0.3, 0.4) is 0 Å². The van der Waals surface area contributed by atoms with Crippen molar-refractivity contribution >= 4 is 11.8 Å². The molecule has 1 aromatic carbocycles. The maximum Gasteiger partial charge on any atom is 0.227 e. The summed E-state index contributed by atoms with van der Waals surface area (Å²) in [6.07, 6.45) is 1.56. The highest BCUT2D eigenvalue weighted by molar-refractivity contribution is 5.84. The number of hydrogen-bond donors (Lipinski definition) is 0. The van der Waals surface area contributed by atoms with Crippen molar-refractivity contribution in [3.05, 3.63) is 35.6 Å². The molecule has 144 valence electrons. The van der Waals surface area contributed by atoms with Crippen LogP contribution < -0.4 is 0 Å². The average molecular weight is 364 g/mol. The van der Waals surface area contributed by atoms with Crippen molar-refractivity contribution < 1.29 is 18.7 Å². The molecular weight excluding hydrogens is 335 g/mol. The van der Waals surface area contributed by atoms with Gasteiger partial charge in [0.05, 0.1) is 12.5 Å². The Hall–Kier alpha value is -1.95. The number of carbonyl (C=O) groups excluding carboxylic acids is 2. The third-order valence-corrected chi connectivity index (χ3v) is 4.85. The molecule has 1 aliphatic rings. The van der Waals surface area contributed by atoms with Crippen molar-refractivity contribution in [2.75, 3.05) is 33.4 Å². The van der Waals surface area contributed by atoms with Crippen LogP contribution in [0.4, 0.5) is 4.39 Å². The molecule has 0 bridgehead atoms. The summed E-state index contributed by atoms with van der Waals surface area (Å²) < 4.78 is 18.4.